The Bertz CT molecular complexity index is 601. The average Bonchev–Trinajstić information content (AvgIpc) is 2.76. The molecule has 1 aromatic heterocycles. The highest BCUT2D eigenvalue weighted by molar-refractivity contribution is 9.10. The van der Waals surface area contributed by atoms with E-state index in [1.807, 2.05) is 0 Å². The van der Waals surface area contributed by atoms with Gasteiger partial charge in [0, 0.05) is 6.07 Å². The molecule has 0 aliphatic carbocycles. The van der Waals surface area contributed by atoms with Crippen molar-refractivity contribution < 1.29 is 27.8 Å². The Kier molecular flexibility index (Phi) is 3.84. The second kappa shape index (κ2) is 5.40. The molecule has 2 aromatic rings. The van der Waals surface area contributed by atoms with Crippen LogP contribution in [-0.4, -0.2) is 11.1 Å². The summed E-state index contributed by atoms with van der Waals surface area (Å²) < 4.78 is 36.5. The van der Waals surface area contributed by atoms with Crippen LogP contribution in [0.25, 0.3) is 0 Å². The number of carboxylic acid groups (broad SMARTS) is 1. The van der Waals surface area contributed by atoms with E-state index in [4.69, 9.17) is 14.3 Å². The predicted octanol–water partition coefficient (Wildman–Crippen LogP) is 3.60. The summed E-state index contributed by atoms with van der Waals surface area (Å²) in [7, 11) is 0. The maximum absolute atomic E-state index is 13.4. The number of aromatic carboxylic acids is 1. The van der Waals surface area contributed by atoms with Crippen LogP contribution in [0.5, 0.6) is 5.75 Å². The van der Waals surface area contributed by atoms with Gasteiger partial charge in [-0.05, 0) is 34.1 Å². The molecule has 0 fully saturated rings. The van der Waals surface area contributed by atoms with Gasteiger partial charge in [0.2, 0.25) is 5.76 Å². The lowest BCUT2D eigenvalue weighted by molar-refractivity contribution is 0.0658. The van der Waals surface area contributed by atoms with Crippen molar-refractivity contribution in [3.05, 3.63) is 51.9 Å². The van der Waals surface area contributed by atoms with Gasteiger partial charge in [-0.2, -0.15) is 0 Å². The van der Waals surface area contributed by atoms with E-state index < -0.39 is 17.6 Å². The third kappa shape index (κ3) is 3.11. The van der Waals surface area contributed by atoms with Crippen LogP contribution in [0.1, 0.15) is 16.3 Å². The third-order valence-corrected chi connectivity index (χ3v) is 2.78. The normalized spacial score (nSPS) is 10.5. The van der Waals surface area contributed by atoms with E-state index in [9.17, 15) is 13.6 Å². The Balaban J connectivity index is 2.12. The maximum Gasteiger partial charge on any atom is 0.371 e. The van der Waals surface area contributed by atoms with Crippen molar-refractivity contribution in [3.63, 3.8) is 0 Å². The van der Waals surface area contributed by atoms with Gasteiger partial charge in [-0.1, -0.05) is 0 Å². The van der Waals surface area contributed by atoms with E-state index in [1.54, 1.807) is 0 Å². The Morgan fingerprint density at radius 1 is 1.37 bits per heavy atom. The largest absolute Gasteiger partial charge is 0.481 e. The molecule has 100 valence electrons. The molecule has 0 spiro atoms. The lowest BCUT2D eigenvalue weighted by Crippen LogP contribution is -1.98. The first-order valence-electron chi connectivity index (χ1n) is 5.06. The quantitative estimate of drug-likeness (QED) is 0.929. The summed E-state index contributed by atoms with van der Waals surface area (Å²) >= 11 is 2.97. The lowest BCUT2D eigenvalue weighted by Gasteiger charge is -2.07. The lowest BCUT2D eigenvalue weighted by atomic mass is 10.3. The van der Waals surface area contributed by atoms with Gasteiger partial charge in [-0.25, -0.2) is 13.6 Å². The number of halogens is 3. The summed E-state index contributed by atoms with van der Waals surface area (Å²) in [5.74, 6) is -3.00. The summed E-state index contributed by atoms with van der Waals surface area (Å²) in [5.41, 5.74) is 0. The van der Waals surface area contributed by atoms with Crippen LogP contribution in [0.2, 0.25) is 0 Å². The predicted molar refractivity (Wildman–Crippen MR) is 64.1 cm³/mol. The molecule has 0 atom stereocenters. The Morgan fingerprint density at radius 2 is 2.11 bits per heavy atom. The van der Waals surface area contributed by atoms with Crippen LogP contribution >= 0.6 is 15.9 Å². The van der Waals surface area contributed by atoms with E-state index in [1.165, 1.54) is 12.1 Å². The van der Waals surface area contributed by atoms with E-state index in [0.29, 0.717) is 6.07 Å². The molecule has 1 N–H and O–H groups in total. The van der Waals surface area contributed by atoms with Crippen LogP contribution in [0.3, 0.4) is 0 Å². The molecular formula is C12H7BrF2O4. The smallest absolute Gasteiger partial charge is 0.371 e. The van der Waals surface area contributed by atoms with Crippen molar-refractivity contribution in [2.24, 2.45) is 0 Å². The van der Waals surface area contributed by atoms with Crippen LogP contribution in [0, 0.1) is 11.6 Å². The minimum Gasteiger partial charge on any atom is -0.481 e. The SMILES string of the molecule is O=C(O)c1ccc(COc2c(F)cc(F)cc2Br)o1. The van der Waals surface area contributed by atoms with Crippen molar-refractivity contribution in [3.8, 4) is 5.75 Å². The van der Waals surface area contributed by atoms with Crippen LogP contribution < -0.4 is 4.74 Å². The first-order valence-corrected chi connectivity index (χ1v) is 5.86. The molecule has 0 bridgehead atoms. The number of ether oxygens (including phenoxy) is 1. The average molecular weight is 333 g/mol. The summed E-state index contributed by atoms with van der Waals surface area (Å²) in [6, 6.07) is 4.41. The minimum absolute atomic E-state index is 0.120. The van der Waals surface area contributed by atoms with Gasteiger partial charge in [-0.3, -0.25) is 0 Å². The molecule has 1 aromatic carbocycles. The van der Waals surface area contributed by atoms with Crippen molar-refractivity contribution in [2.75, 3.05) is 0 Å². The van der Waals surface area contributed by atoms with Gasteiger partial charge in [0.15, 0.2) is 11.6 Å². The standard InChI is InChI=1S/C12H7BrF2O4/c13-8-3-6(14)4-9(15)11(8)18-5-7-1-2-10(19-7)12(16)17/h1-4H,5H2,(H,16,17). The number of rotatable bonds is 4. The van der Waals surface area contributed by atoms with Gasteiger partial charge in [-0.15, -0.1) is 0 Å². The highest BCUT2D eigenvalue weighted by Gasteiger charge is 2.13. The number of carboxylic acids is 1. The second-order valence-corrected chi connectivity index (χ2v) is 4.41. The van der Waals surface area contributed by atoms with Gasteiger partial charge >= 0.3 is 5.97 Å². The maximum atomic E-state index is 13.4. The van der Waals surface area contributed by atoms with E-state index in [2.05, 4.69) is 15.9 Å². The molecule has 0 aliphatic rings. The highest BCUT2D eigenvalue weighted by atomic mass is 79.9. The van der Waals surface area contributed by atoms with E-state index in [-0.39, 0.29) is 28.3 Å². The van der Waals surface area contributed by atoms with Gasteiger partial charge in [0.1, 0.15) is 18.2 Å². The van der Waals surface area contributed by atoms with Crippen LogP contribution in [-0.2, 0) is 6.61 Å². The zero-order valence-corrected chi connectivity index (χ0v) is 10.9. The van der Waals surface area contributed by atoms with Crippen LogP contribution in [0.15, 0.2) is 33.2 Å². The Labute approximate surface area is 114 Å². The van der Waals surface area contributed by atoms with Crippen LogP contribution in [0.4, 0.5) is 8.78 Å². The molecule has 1 heterocycles. The molecule has 2 rings (SSSR count). The topological polar surface area (TPSA) is 59.7 Å². The number of furan rings is 1. The molecule has 0 aliphatic heterocycles. The molecule has 0 unspecified atom stereocenters. The highest BCUT2D eigenvalue weighted by Crippen LogP contribution is 2.30. The first-order chi connectivity index (χ1) is 8.97. The molecule has 4 nitrogen and oxygen atoms in total. The van der Waals surface area contributed by atoms with Crippen molar-refractivity contribution in [2.45, 2.75) is 6.61 Å². The third-order valence-electron chi connectivity index (χ3n) is 2.19. The monoisotopic (exact) mass is 332 g/mol. The molecule has 0 saturated heterocycles. The van der Waals surface area contributed by atoms with Crippen molar-refractivity contribution >= 4 is 21.9 Å². The fraction of sp³-hybridized carbons (Fsp3) is 0.0833. The summed E-state index contributed by atoms with van der Waals surface area (Å²) in [5, 5.41) is 8.66. The number of hydrogen-bond acceptors (Lipinski definition) is 3. The van der Waals surface area contributed by atoms with E-state index >= 15 is 0 Å². The summed E-state index contributed by atoms with van der Waals surface area (Å²) in [6.45, 7) is -0.172. The first kappa shape index (κ1) is 13.5. The number of carbonyl (C=O) groups is 1. The zero-order valence-electron chi connectivity index (χ0n) is 9.32. The molecular weight excluding hydrogens is 326 g/mol. The minimum atomic E-state index is -1.21. The second-order valence-electron chi connectivity index (χ2n) is 3.56. The number of benzene rings is 1. The van der Waals surface area contributed by atoms with Crippen molar-refractivity contribution in [1.29, 1.82) is 0 Å². The number of hydrogen-bond donors (Lipinski definition) is 1. The zero-order chi connectivity index (χ0) is 14.0. The fourth-order valence-electron chi connectivity index (χ4n) is 1.38. The molecule has 19 heavy (non-hydrogen) atoms. The molecule has 0 saturated carbocycles. The summed E-state index contributed by atoms with van der Waals surface area (Å²) in [6.07, 6.45) is 0. The Hall–Kier alpha value is -1.89. The fourth-order valence-corrected chi connectivity index (χ4v) is 1.90. The molecule has 0 amide bonds. The molecule has 7 heteroatoms. The van der Waals surface area contributed by atoms with E-state index in [0.717, 1.165) is 6.07 Å². The Morgan fingerprint density at radius 3 is 2.68 bits per heavy atom. The van der Waals surface area contributed by atoms with Gasteiger partial charge in [0.05, 0.1) is 4.47 Å². The van der Waals surface area contributed by atoms with Gasteiger partial charge < -0.3 is 14.3 Å². The van der Waals surface area contributed by atoms with Crippen molar-refractivity contribution in [1.82, 2.24) is 0 Å². The summed E-state index contributed by atoms with van der Waals surface area (Å²) in [4.78, 5) is 10.6. The molecule has 0 radical (unpaired) electrons. The van der Waals surface area contributed by atoms with Gasteiger partial charge in [0.25, 0.3) is 0 Å².